The van der Waals surface area contributed by atoms with E-state index in [1.165, 1.54) is 0 Å². The van der Waals surface area contributed by atoms with Gasteiger partial charge in [-0.25, -0.2) is 9.36 Å². The van der Waals surface area contributed by atoms with E-state index in [4.69, 9.17) is 14.5 Å². The summed E-state index contributed by atoms with van der Waals surface area (Å²) in [6, 6.07) is 5.63. The molecule has 0 amide bonds. The fraction of sp³-hybridized carbons (Fsp3) is 0.500. The van der Waals surface area contributed by atoms with Crippen molar-refractivity contribution in [2.75, 3.05) is 6.61 Å². The molecule has 1 rings (SSSR count). The summed E-state index contributed by atoms with van der Waals surface area (Å²) in [5.74, 6) is -0.0986. The third-order valence-corrected chi connectivity index (χ3v) is 3.35. The highest BCUT2D eigenvalue weighted by molar-refractivity contribution is 7.46. The molecule has 0 aromatic heterocycles. The molecule has 0 heterocycles. The lowest BCUT2D eigenvalue weighted by Crippen LogP contribution is -2.17. The maximum Gasteiger partial charge on any atom is 0.470 e. The molecule has 118 valence electrons. The van der Waals surface area contributed by atoms with Gasteiger partial charge in [-0.3, -0.25) is 4.52 Å². The maximum absolute atomic E-state index is 11.7. The Bertz CT molecular complexity index is 520. The quantitative estimate of drug-likeness (QED) is 0.476. The molecule has 0 bridgehead atoms. The summed E-state index contributed by atoms with van der Waals surface area (Å²) in [5.41, 5.74) is 1.73. The Hall–Kier alpha value is -1.20. The van der Waals surface area contributed by atoms with Crippen LogP contribution in [-0.2, 0) is 13.9 Å². The Kier molecular flexibility index (Phi) is 6.10. The summed E-state index contributed by atoms with van der Waals surface area (Å²) in [6.07, 6.45) is 0. The minimum absolute atomic E-state index is 0.147. The first-order valence-electron chi connectivity index (χ1n) is 6.65. The van der Waals surface area contributed by atoms with Gasteiger partial charge in [-0.05, 0) is 23.0 Å². The fourth-order valence-corrected chi connectivity index (χ4v) is 2.15. The number of carbonyl (C=O) groups is 1. The van der Waals surface area contributed by atoms with Crippen LogP contribution in [0.5, 0.6) is 5.75 Å². The third-order valence-electron chi connectivity index (χ3n) is 2.89. The van der Waals surface area contributed by atoms with Gasteiger partial charge in [-0.15, -0.1) is 0 Å². The first-order valence-corrected chi connectivity index (χ1v) is 8.18. The first kappa shape index (κ1) is 17.9. The number of hydrogen-bond acceptors (Lipinski definition) is 4. The molecule has 0 aliphatic carbocycles. The summed E-state index contributed by atoms with van der Waals surface area (Å²) in [6.45, 7) is 7.10. The molecular weight excluding hydrogens is 295 g/mol. The molecule has 0 saturated carbocycles. The van der Waals surface area contributed by atoms with E-state index in [0.717, 1.165) is 11.1 Å². The predicted octanol–water partition coefficient (Wildman–Crippen LogP) is 2.95. The molecule has 0 spiro atoms. The van der Waals surface area contributed by atoms with Crippen molar-refractivity contribution < 1.29 is 28.4 Å². The van der Waals surface area contributed by atoms with Crippen LogP contribution in [0.4, 0.5) is 0 Å². The molecule has 1 aromatic rings. The lowest BCUT2D eigenvalue weighted by molar-refractivity contribution is -0.137. The van der Waals surface area contributed by atoms with Gasteiger partial charge in [0.1, 0.15) is 5.75 Å². The number of phosphoric ester groups is 1. The summed E-state index contributed by atoms with van der Waals surface area (Å²) in [5, 5.41) is 0. The van der Waals surface area contributed by atoms with Crippen LogP contribution < -0.4 is 4.74 Å². The van der Waals surface area contributed by atoms with Gasteiger partial charge >= 0.3 is 13.8 Å². The molecule has 0 radical (unpaired) electrons. The van der Waals surface area contributed by atoms with E-state index in [1.807, 2.05) is 45.9 Å². The molecule has 2 N–H and O–H groups in total. The van der Waals surface area contributed by atoms with Crippen LogP contribution in [0.2, 0.25) is 0 Å². The van der Waals surface area contributed by atoms with Crippen LogP contribution in [0.15, 0.2) is 18.2 Å². The van der Waals surface area contributed by atoms with Gasteiger partial charge in [0.05, 0.1) is 0 Å². The van der Waals surface area contributed by atoms with Gasteiger partial charge in [0.25, 0.3) is 0 Å². The molecule has 21 heavy (non-hydrogen) atoms. The highest BCUT2D eigenvalue weighted by Gasteiger charge is 2.21. The Balaban J connectivity index is 3.00. The van der Waals surface area contributed by atoms with Crippen LogP contribution in [0, 0.1) is 0 Å². The Labute approximate surface area is 124 Å². The van der Waals surface area contributed by atoms with Crippen molar-refractivity contribution in [3.05, 3.63) is 29.3 Å². The second-order valence-corrected chi connectivity index (χ2v) is 6.55. The number of para-hydroxylation sites is 1. The Morgan fingerprint density at radius 2 is 1.62 bits per heavy atom. The van der Waals surface area contributed by atoms with E-state index >= 15 is 0 Å². The van der Waals surface area contributed by atoms with Crippen LogP contribution in [-0.4, -0.2) is 22.4 Å². The zero-order valence-electron chi connectivity index (χ0n) is 12.6. The molecule has 0 atom stereocenters. The van der Waals surface area contributed by atoms with Crippen molar-refractivity contribution in [3.8, 4) is 5.75 Å². The van der Waals surface area contributed by atoms with Gasteiger partial charge in [0, 0.05) is 0 Å². The van der Waals surface area contributed by atoms with E-state index in [2.05, 4.69) is 4.52 Å². The lowest BCUT2D eigenvalue weighted by atomic mass is 9.94. The maximum atomic E-state index is 11.7. The van der Waals surface area contributed by atoms with Crippen molar-refractivity contribution in [2.24, 2.45) is 0 Å². The highest BCUT2D eigenvalue weighted by Crippen LogP contribution is 2.37. The largest absolute Gasteiger partial charge is 0.470 e. The second kappa shape index (κ2) is 7.18. The van der Waals surface area contributed by atoms with Crippen LogP contribution in [0.1, 0.15) is 50.7 Å². The summed E-state index contributed by atoms with van der Waals surface area (Å²) in [7, 11) is -4.69. The van der Waals surface area contributed by atoms with E-state index in [0.29, 0.717) is 5.75 Å². The number of hydrogen-bond donors (Lipinski definition) is 2. The molecule has 1 aromatic carbocycles. The van der Waals surface area contributed by atoms with Crippen LogP contribution >= 0.6 is 7.82 Å². The molecule has 0 saturated heterocycles. The van der Waals surface area contributed by atoms with Gasteiger partial charge in [0.15, 0.2) is 6.61 Å². The number of benzene rings is 1. The predicted molar refractivity (Wildman–Crippen MR) is 78.3 cm³/mol. The Morgan fingerprint density at radius 1 is 1.14 bits per heavy atom. The lowest BCUT2D eigenvalue weighted by Gasteiger charge is -2.18. The van der Waals surface area contributed by atoms with Gasteiger partial charge in [-0.2, -0.15) is 0 Å². The van der Waals surface area contributed by atoms with Crippen LogP contribution in [0.25, 0.3) is 0 Å². The van der Waals surface area contributed by atoms with Gasteiger partial charge in [-0.1, -0.05) is 45.9 Å². The van der Waals surface area contributed by atoms with Crippen molar-refractivity contribution >= 4 is 13.8 Å². The average molecular weight is 316 g/mol. The monoisotopic (exact) mass is 316 g/mol. The molecule has 0 aliphatic heterocycles. The Morgan fingerprint density at radius 3 is 2.00 bits per heavy atom. The fourth-order valence-electron chi connectivity index (χ4n) is 1.88. The molecule has 0 aliphatic rings. The SMILES string of the molecule is CC(C)c1cccc(C(C)C)c1OC(=O)COP(=O)(O)O. The number of rotatable bonds is 6. The molecular formula is C14H21O6P. The van der Waals surface area contributed by atoms with Gasteiger partial charge < -0.3 is 14.5 Å². The highest BCUT2D eigenvalue weighted by atomic mass is 31.2. The van der Waals surface area contributed by atoms with E-state index in [-0.39, 0.29) is 11.8 Å². The minimum Gasteiger partial charge on any atom is -0.424 e. The number of carbonyl (C=O) groups excluding carboxylic acids is 1. The molecule has 0 unspecified atom stereocenters. The van der Waals surface area contributed by atoms with E-state index in [9.17, 15) is 9.36 Å². The smallest absolute Gasteiger partial charge is 0.424 e. The molecule has 7 heteroatoms. The number of phosphoric acid groups is 1. The van der Waals surface area contributed by atoms with Crippen molar-refractivity contribution in [2.45, 2.75) is 39.5 Å². The van der Waals surface area contributed by atoms with Crippen molar-refractivity contribution in [1.82, 2.24) is 0 Å². The number of ether oxygens (including phenoxy) is 1. The average Bonchev–Trinajstić information content (AvgIpc) is 2.35. The summed E-state index contributed by atoms with van der Waals surface area (Å²) in [4.78, 5) is 28.9. The van der Waals surface area contributed by atoms with Crippen LogP contribution in [0.3, 0.4) is 0 Å². The van der Waals surface area contributed by atoms with Gasteiger partial charge in [0.2, 0.25) is 0 Å². The van der Waals surface area contributed by atoms with Crippen molar-refractivity contribution in [3.63, 3.8) is 0 Å². The zero-order valence-corrected chi connectivity index (χ0v) is 13.5. The summed E-state index contributed by atoms with van der Waals surface area (Å²) < 4.78 is 20.0. The normalized spacial score (nSPS) is 12.0. The van der Waals surface area contributed by atoms with E-state index < -0.39 is 20.4 Å². The second-order valence-electron chi connectivity index (χ2n) is 5.31. The number of esters is 1. The summed E-state index contributed by atoms with van der Waals surface area (Å²) >= 11 is 0. The van der Waals surface area contributed by atoms with E-state index in [1.54, 1.807) is 0 Å². The first-order chi connectivity index (χ1) is 9.61. The third kappa shape index (κ3) is 5.59. The molecule has 6 nitrogen and oxygen atoms in total. The minimum atomic E-state index is -4.69. The zero-order chi connectivity index (χ0) is 16.2. The standard InChI is InChI=1S/C14H21O6P/c1-9(2)11-6-5-7-12(10(3)4)14(11)20-13(15)8-19-21(16,17)18/h5-7,9-10H,8H2,1-4H3,(H2,16,17,18). The topological polar surface area (TPSA) is 93.1 Å². The molecule has 0 fully saturated rings. The van der Waals surface area contributed by atoms with Crippen molar-refractivity contribution in [1.29, 1.82) is 0 Å².